The van der Waals surface area contributed by atoms with Gasteiger partial charge in [-0.3, -0.25) is 4.90 Å². The highest BCUT2D eigenvalue weighted by atomic mass is 32.2. The molecule has 0 aromatic rings. The van der Waals surface area contributed by atoms with Crippen LogP contribution in [-0.2, 0) is 4.74 Å². The highest BCUT2D eigenvalue weighted by Crippen LogP contribution is 2.39. The zero-order chi connectivity index (χ0) is 14.7. The van der Waals surface area contributed by atoms with Crippen LogP contribution >= 0.6 is 11.8 Å². The second-order valence-electron chi connectivity index (χ2n) is 7.14. The van der Waals surface area contributed by atoms with Crippen molar-refractivity contribution >= 4 is 11.8 Å². The van der Waals surface area contributed by atoms with Crippen molar-refractivity contribution in [2.45, 2.75) is 63.1 Å². The van der Waals surface area contributed by atoms with Crippen molar-refractivity contribution < 1.29 is 4.74 Å². The molecule has 3 nitrogen and oxygen atoms in total. The number of piperidine rings is 1. The quantitative estimate of drug-likeness (QED) is 0.866. The smallest absolute Gasteiger partial charge is 0.0713 e. The lowest BCUT2D eigenvalue weighted by atomic mass is 9.82. The highest BCUT2D eigenvalue weighted by molar-refractivity contribution is 7.99. The summed E-state index contributed by atoms with van der Waals surface area (Å²) in [5.74, 6) is 3.42. The summed E-state index contributed by atoms with van der Waals surface area (Å²) in [6.45, 7) is 5.90. The van der Waals surface area contributed by atoms with Gasteiger partial charge in [0.05, 0.1) is 5.60 Å². The Morgan fingerprint density at radius 1 is 1.29 bits per heavy atom. The molecule has 1 N–H and O–H groups in total. The van der Waals surface area contributed by atoms with E-state index in [4.69, 9.17) is 4.74 Å². The first-order valence-corrected chi connectivity index (χ1v) is 10.0. The number of hydrogen-bond acceptors (Lipinski definition) is 4. The van der Waals surface area contributed by atoms with Crippen LogP contribution in [0.2, 0.25) is 0 Å². The predicted octanol–water partition coefficient (Wildman–Crippen LogP) is 2.75. The van der Waals surface area contributed by atoms with Crippen molar-refractivity contribution in [2.24, 2.45) is 5.92 Å². The fourth-order valence-electron chi connectivity index (χ4n) is 4.59. The Balaban J connectivity index is 1.61. The minimum atomic E-state index is 0.232. The van der Waals surface area contributed by atoms with Gasteiger partial charge in [0.15, 0.2) is 0 Å². The number of nitrogens with zero attached hydrogens (tertiary/aromatic N) is 1. The van der Waals surface area contributed by atoms with Gasteiger partial charge < -0.3 is 10.1 Å². The van der Waals surface area contributed by atoms with Crippen molar-refractivity contribution in [1.82, 2.24) is 10.2 Å². The summed E-state index contributed by atoms with van der Waals surface area (Å²) in [5.41, 5.74) is 0.232. The van der Waals surface area contributed by atoms with Crippen molar-refractivity contribution in [3.05, 3.63) is 0 Å². The summed E-state index contributed by atoms with van der Waals surface area (Å²) >= 11 is 2.10. The molecule has 0 aromatic carbocycles. The zero-order valence-corrected chi connectivity index (χ0v) is 14.6. The number of rotatable bonds is 3. The molecule has 4 heteroatoms. The highest BCUT2D eigenvalue weighted by Gasteiger charge is 2.41. The summed E-state index contributed by atoms with van der Waals surface area (Å²) < 4.78 is 6.27. The van der Waals surface area contributed by atoms with Crippen LogP contribution in [0.5, 0.6) is 0 Å². The lowest BCUT2D eigenvalue weighted by Gasteiger charge is -2.49. The molecule has 0 aromatic heterocycles. The Labute approximate surface area is 134 Å². The van der Waals surface area contributed by atoms with Crippen molar-refractivity contribution in [3.8, 4) is 0 Å². The molecule has 3 unspecified atom stereocenters. The summed E-state index contributed by atoms with van der Waals surface area (Å²) in [4.78, 5) is 2.80. The number of likely N-dealkylation sites (tertiary alicyclic amines) is 1. The molecule has 21 heavy (non-hydrogen) atoms. The SMILES string of the molecule is CCC1CN(C2CCOC3(CCSCC3)C2)CCC1NC. The fraction of sp³-hybridized carbons (Fsp3) is 1.00. The van der Waals surface area contributed by atoms with Crippen LogP contribution < -0.4 is 5.32 Å². The predicted molar refractivity (Wildman–Crippen MR) is 91.1 cm³/mol. The molecule has 1 spiro atoms. The van der Waals surface area contributed by atoms with E-state index in [2.05, 4.69) is 35.9 Å². The maximum absolute atomic E-state index is 6.27. The third-order valence-corrected chi connectivity index (χ3v) is 7.03. The molecule has 3 fully saturated rings. The van der Waals surface area contributed by atoms with E-state index >= 15 is 0 Å². The van der Waals surface area contributed by atoms with E-state index in [0.29, 0.717) is 0 Å². The Morgan fingerprint density at radius 2 is 2.10 bits per heavy atom. The lowest BCUT2D eigenvalue weighted by molar-refractivity contribution is -0.115. The molecule has 0 bridgehead atoms. The third kappa shape index (κ3) is 3.60. The second-order valence-corrected chi connectivity index (χ2v) is 8.36. The molecule has 3 aliphatic rings. The first kappa shape index (κ1) is 16.1. The van der Waals surface area contributed by atoms with Crippen LogP contribution in [0, 0.1) is 5.92 Å². The maximum Gasteiger partial charge on any atom is 0.0713 e. The van der Waals surface area contributed by atoms with Crippen molar-refractivity contribution in [2.75, 3.05) is 38.2 Å². The van der Waals surface area contributed by atoms with E-state index in [0.717, 1.165) is 24.6 Å². The third-order valence-electron chi connectivity index (χ3n) is 6.05. The van der Waals surface area contributed by atoms with Crippen molar-refractivity contribution in [3.63, 3.8) is 0 Å². The average Bonchev–Trinajstić information content (AvgIpc) is 2.55. The standard InChI is InChI=1S/C17H32N2OS/c1-3-14-13-19(8-4-16(14)18-2)15-5-9-20-17(12-15)6-10-21-11-7-17/h14-16,18H,3-13H2,1-2H3. The number of ether oxygens (including phenoxy) is 1. The van der Waals surface area contributed by atoms with E-state index < -0.39 is 0 Å². The van der Waals surface area contributed by atoms with Crippen LogP contribution in [0.15, 0.2) is 0 Å². The Hall–Kier alpha value is 0.230. The van der Waals surface area contributed by atoms with Gasteiger partial charge in [-0.25, -0.2) is 0 Å². The molecule has 3 heterocycles. The molecule has 0 saturated carbocycles. The van der Waals surface area contributed by atoms with Gasteiger partial charge in [0, 0.05) is 25.2 Å². The summed E-state index contributed by atoms with van der Waals surface area (Å²) in [6, 6.07) is 1.50. The van der Waals surface area contributed by atoms with Gasteiger partial charge in [-0.15, -0.1) is 0 Å². The summed E-state index contributed by atoms with van der Waals surface area (Å²) in [5, 5.41) is 3.53. The molecule has 3 rings (SSSR count). The molecule has 0 aliphatic carbocycles. The summed E-state index contributed by atoms with van der Waals surface area (Å²) in [7, 11) is 2.13. The fourth-order valence-corrected chi connectivity index (χ4v) is 5.83. The molecular weight excluding hydrogens is 280 g/mol. The molecule has 3 saturated heterocycles. The van der Waals surface area contributed by atoms with E-state index in [-0.39, 0.29) is 5.60 Å². The van der Waals surface area contributed by atoms with E-state index in [1.54, 1.807) is 0 Å². The normalized spacial score (nSPS) is 37.7. The molecule has 3 atom stereocenters. The number of thioether (sulfide) groups is 1. The largest absolute Gasteiger partial charge is 0.375 e. The minimum Gasteiger partial charge on any atom is -0.375 e. The molecule has 122 valence electrons. The van der Waals surface area contributed by atoms with Crippen LogP contribution in [0.4, 0.5) is 0 Å². The van der Waals surface area contributed by atoms with Gasteiger partial charge in [-0.05, 0) is 63.1 Å². The van der Waals surface area contributed by atoms with Crippen LogP contribution in [0.25, 0.3) is 0 Å². The first-order chi connectivity index (χ1) is 10.3. The Bertz CT molecular complexity index is 327. The molecule has 3 aliphatic heterocycles. The van der Waals surface area contributed by atoms with Gasteiger partial charge in [0.25, 0.3) is 0 Å². The van der Waals surface area contributed by atoms with E-state index in [1.165, 1.54) is 63.1 Å². The summed E-state index contributed by atoms with van der Waals surface area (Å²) in [6.07, 6.45) is 7.70. The van der Waals surface area contributed by atoms with Gasteiger partial charge in [-0.2, -0.15) is 11.8 Å². The topological polar surface area (TPSA) is 24.5 Å². The molecule has 0 radical (unpaired) electrons. The van der Waals surface area contributed by atoms with E-state index in [1.807, 2.05) is 0 Å². The molecule has 0 amide bonds. The average molecular weight is 313 g/mol. The van der Waals surface area contributed by atoms with Gasteiger partial charge in [-0.1, -0.05) is 13.3 Å². The van der Waals surface area contributed by atoms with Crippen LogP contribution in [0.3, 0.4) is 0 Å². The van der Waals surface area contributed by atoms with Crippen molar-refractivity contribution in [1.29, 1.82) is 0 Å². The Morgan fingerprint density at radius 3 is 2.81 bits per heavy atom. The van der Waals surface area contributed by atoms with Gasteiger partial charge >= 0.3 is 0 Å². The molecular formula is C17H32N2OS. The van der Waals surface area contributed by atoms with Crippen LogP contribution in [0.1, 0.15) is 45.4 Å². The number of nitrogens with one attached hydrogen (secondary N) is 1. The monoisotopic (exact) mass is 312 g/mol. The second kappa shape index (κ2) is 7.20. The van der Waals surface area contributed by atoms with Crippen LogP contribution in [-0.4, -0.2) is 60.8 Å². The zero-order valence-electron chi connectivity index (χ0n) is 13.8. The minimum absolute atomic E-state index is 0.232. The van der Waals surface area contributed by atoms with E-state index in [9.17, 15) is 0 Å². The number of hydrogen-bond donors (Lipinski definition) is 1. The van der Waals surface area contributed by atoms with Gasteiger partial charge in [0.2, 0.25) is 0 Å². The lowest BCUT2D eigenvalue weighted by Crippen LogP contribution is -2.55. The maximum atomic E-state index is 6.27. The Kier molecular flexibility index (Phi) is 5.52. The van der Waals surface area contributed by atoms with Gasteiger partial charge in [0.1, 0.15) is 0 Å². The first-order valence-electron chi connectivity index (χ1n) is 8.89.